The van der Waals surface area contributed by atoms with E-state index >= 15 is 0 Å². The molecule has 118 valence electrons. The topological polar surface area (TPSA) is 0 Å². The highest BCUT2D eigenvalue weighted by atomic mass is 14.8. The zero-order valence-electron chi connectivity index (χ0n) is 14.1. The van der Waals surface area contributed by atoms with E-state index in [1.54, 1.807) is 25.7 Å². The first-order valence-corrected chi connectivity index (χ1v) is 10.3. The average molecular weight is 294 g/mol. The minimum Gasteiger partial charge on any atom is -0.0879 e. The normalized spacial score (nSPS) is 70.5. The van der Waals surface area contributed by atoms with Crippen molar-refractivity contribution in [2.45, 2.75) is 46.0 Å². The first-order chi connectivity index (χ1) is 10.6. The molecule has 0 aromatic heterocycles. The number of rotatable bonds is 0. The second-order valence-electron chi connectivity index (χ2n) is 11.1. The molecule has 7 aliphatic rings. The first kappa shape index (κ1) is 12.2. The van der Waals surface area contributed by atoms with Gasteiger partial charge in [-0.1, -0.05) is 26.0 Å². The monoisotopic (exact) mass is 294 g/mol. The minimum absolute atomic E-state index is 0.681. The molecule has 0 radical (unpaired) electrons. The minimum atomic E-state index is 0.681. The fraction of sp³-hybridized carbons (Fsp3) is 0.909. The maximum absolute atomic E-state index is 2.65. The van der Waals surface area contributed by atoms with Crippen molar-refractivity contribution in [1.29, 1.82) is 0 Å². The van der Waals surface area contributed by atoms with Crippen LogP contribution in [0.3, 0.4) is 0 Å². The van der Waals surface area contributed by atoms with Crippen molar-refractivity contribution in [1.82, 2.24) is 0 Å². The Bertz CT molecular complexity index is 585. The van der Waals surface area contributed by atoms with Crippen LogP contribution in [0, 0.1) is 76.4 Å². The SMILES string of the molecule is CC1(C)CC2CC1C1C3CC(C21)C1C2CC(C4CC=CC42)C31. The van der Waals surface area contributed by atoms with Gasteiger partial charge in [-0.3, -0.25) is 0 Å². The van der Waals surface area contributed by atoms with Gasteiger partial charge < -0.3 is 0 Å². The van der Waals surface area contributed by atoms with Crippen molar-refractivity contribution in [2.24, 2.45) is 76.4 Å². The smallest absolute Gasteiger partial charge is 0.0168 e. The van der Waals surface area contributed by atoms with E-state index in [4.69, 9.17) is 0 Å². The summed E-state index contributed by atoms with van der Waals surface area (Å²) in [6.45, 7) is 5.21. The lowest BCUT2D eigenvalue weighted by atomic mass is 9.54. The standard InChI is InChI=1S/C22H30/c1-22(2)9-10-6-17(22)21-16-8-15(18(10)21)19-13-7-14(20(16)19)12-5-3-4-11(12)13/h3-4,10-21H,5-9H2,1-2H3. The van der Waals surface area contributed by atoms with E-state index in [1.165, 1.54) is 41.9 Å². The summed E-state index contributed by atoms with van der Waals surface area (Å²) < 4.78 is 0. The van der Waals surface area contributed by atoms with E-state index in [0.29, 0.717) is 5.41 Å². The van der Waals surface area contributed by atoms with Crippen molar-refractivity contribution in [3.8, 4) is 0 Å². The Morgan fingerprint density at radius 3 is 2.45 bits per heavy atom. The van der Waals surface area contributed by atoms with Crippen LogP contribution in [0.4, 0.5) is 0 Å². The van der Waals surface area contributed by atoms with Gasteiger partial charge in [0.15, 0.2) is 0 Å². The number of hydrogen-bond donors (Lipinski definition) is 0. The molecule has 6 fully saturated rings. The first-order valence-electron chi connectivity index (χ1n) is 10.3. The van der Waals surface area contributed by atoms with Crippen molar-refractivity contribution in [2.75, 3.05) is 0 Å². The van der Waals surface area contributed by atoms with Gasteiger partial charge in [0.25, 0.3) is 0 Å². The third-order valence-corrected chi connectivity index (χ3v) is 10.6. The highest BCUT2D eigenvalue weighted by Gasteiger charge is 2.74. The fourth-order valence-corrected chi connectivity index (χ4v) is 10.7. The van der Waals surface area contributed by atoms with E-state index < -0.39 is 0 Å². The Balaban J connectivity index is 1.32. The van der Waals surface area contributed by atoms with Crippen molar-refractivity contribution in [3.05, 3.63) is 12.2 Å². The Labute approximate surface area is 135 Å². The zero-order chi connectivity index (χ0) is 14.4. The third kappa shape index (κ3) is 1.06. The Morgan fingerprint density at radius 2 is 1.55 bits per heavy atom. The van der Waals surface area contributed by atoms with Gasteiger partial charge >= 0.3 is 0 Å². The van der Waals surface area contributed by atoms with Gasteiger partial charge in [0.05, 0.1) is 0 Å². The molecule has 0 spiro atoms. The lowest BCUT2D eigenvalue weighted by molar-refractivity contribution is -0.0307. The van der Waals surface area contributed by atoms with Gasteiger partial charge in [-0.25, -0.2) is 0 Å². The summed E-state index contributed by atoms with van der Waals surface area (Å²) in [6.07, 6.45) is 13.1. The molecule has 0 saturated heterocycles. The Kier molecular flexibility index (Phi) is 1.88. The van der Waals surface area contributed by atoms with Crippen LogP contribution in [0.25, 0.3) is 0 Å². The molecule has 7 rings (SSSR count). The van der Waals surface area contributed by atoms with Crippen LogP contribution < -0.4 is 0 Å². The molecule has 0 heteroatoms. The van der Waals surface area contributed by atoms with Gasteiger partial charge in [0, 0.05) is 0 Å². The predicted octanol–water partition coefficient (Wildman–Crippen LogP) is 5.01. The maximum atomic E-state index is 2.65. The van der Waals surface area contributed by atoms with Crippen molar-refractivity contribution < 1.29 is 0 Å². The fourth-order valence-electron chi connectivity index (χ4n) is 10.7. The summed E-state index contributed by atoms with van der Waals surface area (Å²) in [7, 11) is 0. The van der Waals surface area contributed by atoms with Crippen LogP contribution in [0.5, 0.6) is 0 Å². The molecule has 12 atom stereocenters. The molecule has 12 unspecified atom stereocenters. The number of hydrogen-bond acceptors (Lipinski definition) is 0. The molecule has 0 N–H and O–H groups in total. The maximum Gasteiger partial charge on any atom is -0.0168 e. The van der Waals surface area contributed by atoms with Crippen molar-refractivity contribution in [3.63, 3.8) is 0 Å². The zero-order valence-corrected chi connectivity index (χ0v) is 14.1. The Morgan fingerprint density at radius 1 is 0.773 bits per heavy atom. The molecule has 7 aliphatic carbocycles. The van der Waals surface area contributed by atoms with E-state index in [-0.39, 0.29) is 0 Å². The molecule has 0 heterocycles. The average Bonchev–Trinajstić information content (AvgIpc) is 3.25. The third-order valence-electron chi connectivity index (χ3n) is 10.6. The van der Waals surface area contributed by atoms with Crippen LogP contribution in [0.15, 0.2) is 12.2 Å². The second-order valence-corrected chi connectivity index (χ2v) is 11.1. The summed E-state index contributed by atoms with van der Waals surface area (Å²) in [5.74, 6) is 13.7. The van der Waals surface area contributed by atoms with Crippen LogP contribution in [0.1, 0.15) is 46.0 Å². The van der Waals surface area contributed by atoms with E-state index in [9.17, 15) is 0 Å². The Hall–Kier alpha value is -0.260. The molecule has 0 nitrogen and oxygen atoms in total. The quantitative estimate of drug-likeness (QED) is 0.435. The van der Waals surface area contributed by atoms with Crippen molar-refractivity contribution >= 4 is 0 Å². The molecule has 0 aliphatic heterocycles. The number of fused-ring (bicyclic) bond motifs is 19. The molecule has 0 aromatic carbocycles. The molecule has 22 heavy (non-hydrogen) atoms. The van der Waals surface area contributed by atoms with E-state index in [1.807, 2.05) is 0 Å². The van der Waals surface area contributed by atoms with Crippen LogP contribution in [-0.4, -0.2) is 0 Å². The summed E-state index contributed by atoms with van der Waals surface area (Å²) >= 11 is 0. The van der Waals surface area contributed by atoms with Gasteiger partial charge in [-0.05, 0) is 109 Å². The lowest BCUT2D eigenvalue weighted by Gasteiger charge is -2.51. The molecule has 6 saturated carbocycles. The molecule has 0 amide bonds. The van der Waals surface area contributed by atoms with Crippen LogP contribution in [0.2, 0.25) is 0 Å². The molecular formula is C22H30. The summed E-state index contributed by atoms with van der Waals surface area (Å²) in [6, 6.07) is 0. The largest absolute Gasteiger partial charge is 0.0879 e. The molecule has 6 bridgehead atoms. The lowest BCUT2D eigenvalue weighted by Crippen LogP contribution is -2.46. The summed E-state index contributed by atoms with van der Waals surface area (Å²) in [4.78, 5) is 0. The van der Waals surface area contributed by atoms with Gasteiger partial charge in [-0.2, -0.15) is 0 Å². The van der Waals surface area contributed by atoms with Gasteiger partial charge in [0.1, 0.15) is 0 Å². The summed E-state index contributed by atoms with van der Waals surface area (Å²) in [5, 5.41) is 0. The van der Waals surface area contributed by atoms with E-state index in [0.717, 1.165) is 35.5 Å². The van der Waals surface area contributed by atoms with E-state index in [2.05, 4.69) is 26.0 Å². The van der Waals surface area contributed by atoms with Gasteiger partial charge in [-0.15, -0.1) is 0 Å². The second kappa shape index (κ2) is 3.40. The highest BCUT2D eigenvalue weighted by molar-refractivity contribution is 5.25. The highest BCUT2D eigenvalue weighted by Crippen LogP contribution is 2.80. The molecular weight excluding hydrogens is 264 g/mol. The number of allylic oxidation sites excluding steroid dienone is 2. The molecule has 0 aromatic rings. The van der Waals surface area contributed by atoms with Crippen LogP contribution in [-0.2, 0) is 0 Å². The summed E-state index contributed by atoms with van der Waals surface area (Å²) in [5.41, 5.74) is 0.681. The van der Waals surface area contributed by atoms with Crippen LogP contribution >= 0.6 is 0 Å². The predicted molar refractivity (Wildman–Crippen MR) is 87.9 cm³/mol. The van der Waals surface area contributed by atoms with Gasteiger partial charge in [0.2, 0.25) is 0 Å².